The molecule has 0 aromatic carbocycles. The van der Waals surface area contributed by atoms with Gasteiger partial charge in [-0.3, -0.25) is 19.3 Å². The van der Waals surface area contributed by atoms with Crippen molar-refractivity contribution in [2.45, 2.75) is 0 Å². The SMILES string of the molecule is CNCN1C(=O)C2C(C(=O)OC)C2C1=O. The number of nitrogens with zero attached hydrogens (tertiary/aromatic N) is 1. The van der Waals surface area contributed by atoms with Gasteiger partial charge in [-0.15, -0.1) is 0 Å². The molecule has 82 valence electrons. The fourth-order valence-corrected chi connectivity index (χ4v) is 2.14. The fraction of sp³-hybridized carbons (Fsp3) is 0.667. The minimum absolute atomic E-state index is 0.207. The van der Waals surface area contributed by atoms with E-state index in [1.165, 1.54) is 7.11 Å². The lowest BCUT2D eigenvalue weighted by Crippen LogP contribution is -2.41. The second-order valence-corrected chi connectivity index (χ2v) is 3.72. The number of methoxy groups -OCH3 is 1. The number of imide groups is 1. The molecule has 1 N–H and O–H groups in total. The summed E-state index contributed by atoms with van der Waals surface area (Å²) in [7, 11) is 2.92. The van der Waals surface area contributed by atoms with Crippen LogP contribution < -0.4 is 5.32 Å². The largest absolute Gasteiger partial charge is 0.469 e. The Morgan fingerprint density at radius 3 is 2.33 bits per heavy atom. The smallest absolute Gasteiger partial charge is 0.310 e. The Balaban J connectivity index is 2.09. The maximum absolute atomic E-state index is 11.6. The normalized spacial score (nSPS) is 32.9. The van der Waals surface area contributed by atoms with E-state index < -0.39 is 23.7 Å². The first-order chi connectivity index (χ1) is 7.13. The summed E-state index contributed by atoms with van der Waals surface area (Å²) in [5, 5.41) is 2.74. The number of hydrogen-bond donors (Lipinski definition) is 1. The van der Waals surface area contributed by atoms with E-state index in [9.17, 15) is 14.4 Å². The van der Waals surface area contributed by atoms with Crippen molar-refractivity contribution in [2.24, 2.45) is 17.8 Å². The molecular weight excluding hydrogens is 200 g/mol. The molecule has 2 amide bonds. The predicted octanol–water partition coefficient (Wildman–Crippen LogP) is -1.43. The molecule has 2 aliphatic rings. The molecule has 0 spiro atoms. The van der Waals surface area contributed by atoms with E-state index in [0.717, 1.165) is 4.90 Å². The standard InChI is InChI=1S/C9H12N2O4/c1-10-3-11-7(12)4-5(8(11)13)6(4)9(14)15-2/h4-6,10H,3H2,1-2H3. The molecular formula is C9H12N2O4. The number of fused-ring (bicyclic) bond motifs is 1. The molecule has 2 unspecified atom stereocenters. The van der Waals surface area contributed by atoms with E-state index in [1.54, 1.807) is 7.05 Å². The van der Waals surface area contributed by atoms with Crippen molar-refractivity contribution in [3.63, 3.8) is 0 Å². The van der Waals surface area contributed by atoms with Gasteiger partial charge in [0.15, 0.2) is 0 Å². The second-order valence-electron chi connectivity index (χ2n) is 3.72. The van der Waals surface area contributed by atoms with E-state index in [-0.39, 0.29) is 18.5 Å². The lowest BCUT2D eigenvalue weighted by molar-refractivity contribution is -0.150. The molecule has 1 heterocycles. The number of carbonyl (C=O) groups excluding carboxylic acids is 3. The number of esters is 1. The van der Waals surface area contributed by atoms with Gasteiger partial charge in [0.05, 0.1) is 31.5 Å². The van der Waals surface area contributed by atoms with Gasteiger partial charge in [0.25, 0.3) is 0 Å². The van der Waals surface area contributed by atoms with Crippen LogP contribution in [0.3, 0.4) is 0 Å². The van der Waals surface area contributed by atoms with Crippen molar-refractivity contribution in [1.82, 2.24) is 10.2 Å². The molecule has 1 saturated carbocycles. The summed E-state index contributed by atoms with van der Waals surface area (Å²) in [5.41, 5.74) is 0. The molecule has 1 aliphatic heterocycles. The molecule has 0 radical (unpaired) electrons. The third-order valence-electron chi connectivity index (χ3n) is 2.91. The third kappa shape index (κ3) is 1.25. The van der Waals surface area contributed by atoms with Crippen molar-refractivity contribution in [3.8, 4) is 0 Å². The van der Waals surface area contributed by atoms with Gasteiger partial charge in [0.2, 0.25) is 11.8 Å². The summed E-state index contributed by atoms with van der Waals surface area (Å²) in [6, 6.07) is 0. The number of rotatable bonds is 3. The Labute approximate surface area is 86.6 Å². The van der Waals surface area contributed by atoms with Crippen LogP contribution in [-0.2, 0) is 19.1 Å². The van der Waals surface area contributed by atoms with E-state index in [4.69, 9.17) is 0 Å². The zero-order valence-electron chi connectivity index (χ0n) is 8.52. The molecule has 0 bridgehead atoms. The molecule has 2 atom stereocenters. The number of hydrogen-bond acceptors (Lipinski definition) is 5. The highest BCUT2D eigenvalue weighted by Gasteiger charge is 2.70. The number of amides is 2. The van der Waals surface area contributed by atoms with Crippen molar-refractivity contribution < 1.29 is 19.1 Å². The highest BCUT2D eigenvalue weighted by molar-refractivity contribution is 6.13. The molecule has 0 aromatic heterocycles. The zero-order chi connectivity index (χ0) is 11.2. The van der Waals surface area contributed by atoms with Gasteiger partial charge in [-0.2, -0.15) is 0 Å². The first kappa shape index (κ1) is 10.1. The monoisotopic (exact) mass is 212 g/mol. The van der Waals surface area contributed by atoms with Gasteiger partial charge >= 0.3 is 5.97 Å². The molecule has 0 aromatic rings. The Kier molecular flexibility index (Phi) is 2.22. The molecule has 1 aliphatic carbocycles. The van der Waals surface area contributed by atoms with Gasteiger partial charge in [-0.25, -0.2) is 0 Å². The number of ether oxygens (including phenoxy) is 1. The predicted molar refractivity (Wildman–Crippen MR) is 48.3 cm³/mol. The molecule has 2 fully saturated rings. The van der Waals surface area contributed by atoms with Gasteiger partial charge in [-0.05, 0) is 7.05 Å². The molecule has 6 heteroatoms. The number of likely N-dealkylation sites (tertiary alicyclic amines) is 1. The maximum Gasteiger partial charge on any atom is 0.310 e. The first-order valence-corrected chi connectivity index (χ1v) is 4.71. The van der Waals surface area contributed by atoms with E-state index in [1.807, 2.05) is 0 Å². The van der Waals surface area contributed by atoms with E-state index >= 15 is 0 Å². The topological polar surface area (TPSA) is 75.7 Å². The van der Waals surface area contributed by atoms with Crippen LogP contribution in [0.4, 0.5) is 0 Å². The minimum Gasteiger partial charge on any atom is -0.469 e. The van der Waals surface area contributed by atoms with Crippen LogP contribution in [0.1, 0.15) is 0 Å². The zero-order valence-corrected chi connectivity index (χ0v) is 8.52. The van der Waals surface area contributed by atoms with Gasteiger partial charge in [0, 0.05) is 0 Å². The van der Waals surface area contributed by atoms with Crippen LogP contribution in [0.5, 0.6) is 0 Å². The van der Waals surface area contributed by atoms with Crippen LogP contribution in [0.25, 0.3) is 0 Å². The summed E-state index contributed by atoms with van der Waals surface area (Å²) >= 11 is 0. The molecule has 1 saturated heterocycles. The van der Waals surface area contributed by atoms with E-state index in [2.05, 4.69) is 10.1 Å². The van der Waals surface area contributed by atoms with Crippen molar-refractivity contribution >= 4 is 17.8 Å². The highest BCUT2D eigenvalue weighted by Crippen LogP contribution is 2.53. The van der Waals surface area contributed by atoms with Crippen molar-refractivity contribution in [3.05, 3.63) is 0 Å². The minimum atomic E-state index is -0.539. The summed E-state index contributed by atoms with van der Waals surface area (Å²) in [6.07, 6.45) is 0. The van der Waals surface area contributed by atoms with Gasteiger partial charge in [0.1, 0.15) is 0 Å². The average molecular weight is 212 g/mol. The summed E-state index contributed by atoms with van der Waals surface area (Å²) < 4.78 is 4.52. The number of piperidine rings is 1. The quantitative estimate of drug-likeness (QED) is 0.458. The Hall–Kier alpha value is -1.43. The van der Waals surface area contributed by atoms with Crippen LogP contribution in [0, 0.1) is 17.8 Å². The van der Waals surface area contributed by atoms with Crippen LogP contribution in [0.15, 0.2) is 0 Å². The lowest BCUT2D eigenvalue weighted by Gasteiger charge is -2.16. The summed E-state index contributed by atoms with van der Waals surface area (Å²) in [4.78, 5) is 35.6. The lowest BCUT2D eigenvalue weighted by atomic mass is 10.2. The average Bonchev–Trinajstić information content (AvgIpc) is 2.92. The second kappa shape index (κ2) is 3.30. The van der Waals surface area contributed by atoms with Crippen LogP contribution in [0.2, 0.25) is 0 Å². The third-order valence-corrected chi connectivity index (χ3v) is 2.91. The fourth-order valence-electron chi connectivity index (χ4n) is 2.14. The summed E-state index contributed by atoms with van der Waals surface area (Å²) in [6.45, 7) is 0.207. The Morgan fingerprint density at radius 1 is 1.40 bits per heavy atom. The Morgan fingerprint density at radius 2 is 1.93 bits per heavy atom. The molecule has 2 rings (SSSR count). The van der Waals surface area contributed by atoms with Crippen molar-refractivity contribution in [1.29, 1.82) is 0 Å². The van der Waals surface area contributed by atoms with Crippen LogP contribution >= 0.6 is 0 Å². The summed E-state index contributed by atoms with van der Waals surface area (Å²) in [5.74, 6) is -2.49. The molecule has 15 heavy (non-hydrogen) atoms. The Bertz CT molecular complexity index is 319. The maximum atomic E-state index is 11.6. The van der Waals surface area contributed by atoms with E-state index in [0.29, 0.717) is 0 Å². The van der Waals surface area contributed by atoms with Gasteiger partial charge in [-0.1, -0.05) is 0 Å². The number of nitrogens with one attached hydrogen (secondary N) is 1. The molecule has 6 nitrogen and oxygen atoms in total. The van der Waals surface area contributed by atoms with Crippen LogP contribution in [-0.4, -0.2) is 43.5 Å². The first-order valence-electron chi connectivity index (χ1n) is 4.71. The van der Waals surface area contributed by atoms with Crippen molar-refractivity contribution in [2.75, 3.05) is 20.8 Å². The highest BCUT2D eigenvalue weighted by atomic mass is 16.5. The number of carbonyl (C=O) groups is 3. The van der Waals surface area contributed by atoms with Gasteiger partial charge < -0.3 is 10.1 Å².